The summed E-state index contributed by atoms with van der Waals surface area (Å²) in [5.74, 6) is 0.871. The number of hydrogen-bond donors (Lipinski definition) is 2. The van der Waals surface area contributed by atoms with Crippen LogP contribution in [0.2, 0.25) is 0 Å². The molecule has 7 nitrogen and oxygen atoms in total. The highest BCUT2D eigenvalue weighted by molar-refractivity contribution is 7.80. The number of rotatable bonds is 5. The van der Waals surface area contributed by atoms with Crippen LogP contribution in [0.25, 0.3) is 22.6 Å². The summed E-state index contributed by atoms with van der Waals surface area (Å²) in [7, 11) is 2.97. The molecule has 0 bridgehead atoms. The van der Waals surface area contributed by atoms with Gasteiger partial charge in [0.25, 0.3) is 5.91 Å². The van der Waals surface area contributed by atoms with Gasteiger partial charge in [-0.2, -0.15) is 0 Å². The van der Waals surface area contributed by atoms with Crippen molar-refractivity contribution in [2.45, 2.75) is 6.92 Å². The van der Waals surface area contributed by atoms with E-state index in [0.29, 0.717) is 34.2 Å². The van der Waals surface area contributed by atoms with Crippen molar-refractivity contribution in [1.82, 2.24) is 10.3 Å². The first-order chi connectivity index (χ1) is 15.5. The number of methoxy groups -OCH3 is 2. The van der Waals surface area contributed by atoms with Gasteiger partial charge >= 0.3 is 0 Å². The van der Waals surface area contributed by atoms with E-state index in [9.17, 15) is 4.79 Å². The van der Waals surface area contributed by atoms with Crippen molar-refractivity contribution < 1.29 is 18.7 Å². The van der Waals surface area contributed by atoms with Crippen LogP contribution in [0.3, 0.4) is 0 Å². The number of aryl methyl sites for hydroxylation is 1. The molecule has 0 fully saturated rings. The predicted molar refractivity (Wildman–Crippen MR) is 127 cm³/mol. The number of benzene rings is 3. The molecule has 4 aromatic rings. The lowest BCUT2D eigenvalue weighted by atomic mass is 10.1. The first kappa shape index (κ1) is 21.3. The quantitative estimate of drug-likeness (QED) is 0.419. The summed E-state index contributed by atoms with van der Waals surface area (Å²) >= 11 is 5.32. The van der Waals surface area contributed by atoms with E-state index in [-0.39, 0.29) is 10.7 Å². The van der Waals surface area contributed by atoms with Crippen molar-refractivity contribution in [3.8, 4) is 23.0 Å². The van der Waals surface area contributed by atoms with Crippen LogP contribution in [0.15, 0.2) is 65.1 Å². The van der Waals surface area contributed by atoms with E-state index in [4.69, 9.17) is 26.1 Å². The number of aromatic nitrogens is 1. The highest BCUT2D eigenvalue weighted by Crippen LogP contribution is 2.29. The molecule has 32 heavy (non-hydrogen) atoms. The summed E-state index contributed by atoms with van der Waals surface area (Å²) in [6.07, 6.45) is 0. The minimum Gasteiger partial charge on any atom is -0.496 e. The van der Waals surface area contributed by atoms with Crippen LogP contribution in [-0.4, -0.2) is 30.2 Å². The largest absolute Gasteiger partial charge is 0.496 e. The number of hydrogen-bond acceptors (Lipinski definition) is 6. The van der Waals surface area contributed by atoms with Gasteiger partial charge in [0.05, 0.1) is 14.2 Å². The third-order valence-electron chi connectivity index (χ3n) is 4.79. The minimum atomic E-state index is -0.443. The second-order valence-corrected chi connectivity index (χ2v) is 7.43. The van der Waals surface area contributed by atoms with Gasteiger partial charge in [-0.15, -0.1) is 0 Å². The van der Waals surface area contributed by atoms with Gasteiger partial charge in [-0.05, 0) is 61.6 Å². The first-order valence-electron chi connectivity index (χ1n) is 9.79. The van der Waals surface area contributed by atoms with Crippen LogP contribution in [0.4, 0.5) is 5.69 Å². The zero-order valence-electron chi connectivity index (χ0n) is 17.8. The van der Waals surface area contributed by atoms with E-state index in [2.05, 4.69) is 15.6 Å². The summed E-state index contributed by atoms with van der Waals surface area (Å²) in [6.45, 7) is 2.02. The average Bonchev–Trinajstić information content (AvgIpc) is 3.21. The molecule has 0 aliphatic heterocycles. The number of nitrogens with zero attached hydrogens (tertiary/aromatic N) is 1. The van der Waals surface area contributed by atoms with Crippen LogP contribution >= 0.6 is 12.2 Å². The van der Waals surface area contributed by atoms with Crippen molar-refractivity contribution in [2.75, 3.05) is 19.5 Å². The van der Waals surface area contributed by atoms with Gasteiger partial charge < -0.3 is 19.2 Å². The van der Waals surface area contributed by atoms with Crippen LogP contribution in [0, 0.1) is 6.92 Å². The molecule has 0 saturated carbocycles. The highest BCUT2D eigenvalue weighted by Gasteiger charge is 2.19. The fourth-order valence-corrected chi connectivity index (χ4v) is 3.52. The second-order valence-electron chi connectivity index (χ2n) is 7.02. The number of nitrogens with one attached hydrogen (secondary N) is 2. The van der Waals surface area contributed by atoms with E-state index in [0.717, 1.165) is 11.1 Å². The van der Waals surface area contributed by atoms with Crippen LogP contribution < -0.4 is 20.1 Å². The zero-order chi connectivity index (χ0) is 22.7. The molecule has 0 spiro atoms. The second kappa shape index (κ2) is 9.07. The van der Waals surface area contributed by atoms with Crippen molar-refractivity contribution in [2.24, 2.45) is 0 Å². The first-order valence-corrected chi connectivity index (χ1v) is 10.2. The van der Waals surface area contributed by atoms with Gasteiger partial charge in [0.1, 0.15) is 22.6 Å². The summed E-state index contributed by atoms with van der Waals surface area (Å²) in [5, 5.41) is 5.79. The molecule has 0 atom stereocenters. The SMILES string of the molecule is COc1cccc(OC)c1C(=O)NC(=S)Nc1ccc2oc(-c3cccc(C)c3)nc2c1. The molecule has 2 N–H and O–H groups in total. The zero-order valence-corrected chi connectivity index (χ0v) is 18.6. The molecule has 1 aromatic heterocycles. The van der Waals surface area contributed by atoms with Crippen LogP contribution in [0.5, 0.6) is 11.5 Å². The van der Waals surface area contributed by atoms with E-state index < -0.39 is 5.91 Å². The number of ether oxygens (including phenoxy) is 2. The van der Waals surface area contributed by atoms with E-state index >= 15 is 0 Å². The van der Waals surface area contributed by atoms with E-state index in [1.165, 1.54) is 14.2 Å². The Kier molecular flexibility index (Phi) is 6.04. The number of thiocarbonyl (C=S) groups is 1. The van der Waals surface area contributed by atoms with Crippen molar-refractivity contribution >= 4 is 40.0 Å². The number of carbonyl (C=O) groups excluding carboxylic acids is 1. The molecule has 1 heterocycles. The smallest absolute Gasteiger partial charge is 0.264 e. The lowest BCUT2D eigenvalue weighted by molar-refractivity contribution is 0.0971. The Morgan fingerprint density at radius 1 is 1.00 bits per heavy atom. The Morgan fingerprint density at radius 3 is 2.41 bits per heavy atom. The third kappa shape index (κ3) is 4.40. The molecule has 4 rings (SSSR count). The number of amides is 1. The van der Waals surface area contributed by atoms with Gasteiger partial charge in [0.15, 0.2) is 10.7 Å². The maximum Gasteiger partial charge on any atom is 0.264 e. The fraction of sp³-hybridized carbons (Fsp3) is 0.125. The molecular weight excluding hydrogens is 426 g/mol. The minimum absolute atomic E-state index is 0.129. The standard InChI is InChI=1S/C24H21N3O4S/c1-14-6-4-7-15(12-14)23-26-17-13-16(10-11-18(17)31-23)25-24(32)27-22(28)21-19(29-2)8-5-9-20(21)30-3/h4-13H,1-3H3,(H2,25,27,28,32). The lowest BCUT2D eigenvalue weighted by Gasteiger charge is -2.14. The maximum atomic E-state index is 12.8. The van der Waals surface area contributed by atoms with Gasteiger partial charge in [-0.3, -0.25) is 10.1 Å². The molecular formula is C24H21N3O4S. The molecule has 162 valence electrons. The number of oxazole rings is 1. The Bertz CT molecular complexity index is 1290. The summed E-state index contributed by atoms with van der Waals surface area (Å²) < 4.78 is 16.4. The number of anilines is 1. The summed E-state index contributed by atoms with van der Waals surface area (Å²) in [4.78, 5) is 17.4. The van der Waals surface area contributed by atoms with Crippen molar-refractivity contribution in [3.05, 3.63) is 71.8 Å². The van der Waals surface area contributed by atoms with Crippen molar-refractivity contribution in [3.63, 3.8) is 0 Å². The Morgan fingerprint density at radius 2 is 1.72 bits per heavy atom. The van der Waals surface area contributed by atoms with E-state index in [1.54, 1.807) is 36.4 Å². The number of carbonyl (C=O) groups is 1. The molecule has 0 radical (unpaired) electrons. The Balaban J connectivity index is 1.51. The van der Waals surface area contributed by atoms with Gasteiger partial charge in [-0.25, -0.2) is 4.98 Å². The highest BCUT2D eigenvalue weighted by atomic mass is 32.1. The van der Waals surface area contributed by atoms with Gasteiger partial charge in [0, 0.05) is 11.3 Å². The molecule has 0 aliphatic carbocycles. The molecule has 0 saturated heterocycles. The lowest BCUT2D eigenvalue weighted by Crippen LogP contribution is -2.34. The van der Waals surface area contributed by atoms with Crippen LogP contribution in [0.1, 0.15) is 15.9 Å². The predicted octanol–water partition coefficient (Wildman–Crippen LogP) is 4.95. The number of fused-ring (bicyclic) bond motifs is 1. The maximum absolute atomic E-state index is 12.8. The van der Waals surface area contributed by atoms with Crippen molar-refractivity contribution in [1.29, 1.82) is 0 Å². The fourth-order valence-electron chi connectivity index (χ4n) is 3.31. The third-order valence-corrected chi connectivity index (χ3v) is 5.00. The molecule has 0 unspecified atom stereocenters. The normalized spacial score (nSPS) is 10.6. The Labute approximate surface area is 190 Å². The van der Waals surface area contributed by atoms with Gasteiger partial charge in [-0.1, -0.05) is 23.8 Å². The van der Waals surface area contributed by atoms with E-state index in [1.807, 2.05) is 31.2 Å². The van der Waals surface area contributed by atoms with Gasteiger partial charge in [0.2, 0.25) is 5.89 Å². The molecule has 0 aliphatic rings. The summed E-state index contributed by atoms with van der Waals surface area (Å²) in [6, 6.07) is 18.5. The monoisotopic (exact) mass is 447 g/mol. The molecule has 1 amide bonds. The molecule has 8 heteroatoms. The van der Waals surface area contributed by atoms with Crippen LogP contribution in [-0.2, 0) is 0 Å². The summed E-state index contributed by atoms with van der Waals surface area (Å²) in [5.41, 5.74) is 4.28. The Hall–Kier alpha value is -3.91. The topological polar surface area (TPSA) is 85.6 Å². The average molecular weight is 448 g/mol. The molecule has 3 aromatic carbocycles.